The number of carbonyl (C=O) groups is 2. The van der Waals surface area contributed by atoms with Crippen molar-refractivity contribution in [1.29, 1.82) is 0 Å². The summed E-state index contributed by atoms with van der Waals surface area (Å²) in [4.78, 5) is 21.5. The van der Waals surface area contributed by atoms with Crippen LogP contribution in [0.1, 0.15) is 51.9 Å². The number of carbonyl (C=O) groups excluding carboxylic acids is 2. The molecule has 6 nitrogen and oxygen atoms in total. The van der Waals surface area contributed by atoms with Gasteiger partial charge in [-0.1, -0.05) is 12.8 Å². The third kappa shape index (κ3) is 50.9. The maximum absolute atomic E-state index is 9.82. The van der Waals surface area contributed by atoms with Gasteiger partial charge in [-0.3, -0.25) is 4.79 Å². The van der Waals surface area contributed by atoms with Crippen LogP contribution in [0.25, 0.3) is 0 Å². The summed E-state index contributed by atoms with van der Waals surface area (Å²) in [6.45, 7) is 3.55. The van der Waals surface area contributed by atoms with Crippen molar-refractivity contribution < 1.29 is 9.59 Å². The average molecular weight is 319 g/mol. The Morgan fingerprint density at radius 3 is 2.05 bits per heavy atom. The van der Waals surface area contributed by atoms with Crippen LogP contribution < -0.4 is 16.8 Å². The Labute approximate surface area is 137 Å². The van der Waals surface area contributed by atoms with Gasteiger partial charge in [0.25, 0.3) is 0 Å². The average Bonchev–Trinajstić information content (AvgIpc) is 2.43. The van der Waals surface area contributed by atoms with E-state index >= 15 is 0 Å². The lowest BCUT2D eigenvalue weighted by molar-refractivity contribution is -0.110. The maximum atomic E-state index is 9.82. The van der Waals surface area contributed by atoms with Gasteiger partial charge in [-0.2, -0.15) is 0 Å². The Hall–Kier alpha value is -0.980. The first kappa shape index (κ1) is 25.9. The Bertz CT molecular complexity index is 198. The standard InChI is InChI=1S/C7H13NO2.C6H16N2.C3H9N/c9-6-4-2-1-3-5-8-7-10;1-6(8)4-2-3-5-7;1-4(2)3/h6-7H,1-5H2,(H,8,10);6H,2-5,7-8H2,1H3;1-3H3. The van der Waals surface area contributed by atoms with Crippen LogP contribution in [0.5, 0.6) is 0 Å². The SMILES string of the molecule is CC(N)CCCCN.CN(C)C.O=CCCCCCNC=O. The predicted octanol–water partition coefficient (Wildman–Crippen LogP) is 1.13. The first-order valence-corrected chi connectivity index (χ1v) is 8.09. The van der Waals surface area contributed by atoms with Crippen LogP contribution in [0, 0.1) is 0 Å². The minimum Gasteiger partial charge on any atom is -0.359 e. The van der Waals surface area contributed by atoms with E-state index in [9.17, 15) is 9.59 Å². The van der Waals surface area contributed by atoms with Crippen molar-refractivity contribution in [1.82, 2.24) is 10.2 Å². The Balaban J connectivity index is -0.000000269. The summed E-state index contributed by atoms with van der Waals surface area (Å²) in [5, 5.41) is 2.56. The van der Waals surface area contributed by atoms with E-state index in [0.29, 0.717) is 18.9 Å². The van der Waals surface area contributed by atoms with Gasteiger partial charge in [0, 0.05) is 19.0 Å². The molecule has 0 aliphatic heterocycles. The molecule has 5 N–H and O–H groups in total. The second-order valence-corrected chi connectivity index (χ2v) is 5.69. The predicted molar refractivity (Wildman–Crippen MR) is 94.8 cm³/mol. The number of nitrogens with two attached hydrogens (primary N) is 2. The van der Waals surface area contributed by atoms with Crippen LogP contribution in [-0.4, -0.2) is 57.9 Å². The molecule has 22 heavy (non-hydrogen) atoms. The molecule has 0 aromatic heterocycles. The lowest BCUT2D eigenvalue weighted by atomic mass is 10.1. The van der Waals surface area contributed by atoms with Crippen LogP contribution in [0.2, 0.25) is 0 Å². The van der Waals surface area contributed by atoms with E-state index < -0.39 is 0 Å². The number of hydrogen-bond donors (Lipinski definition) is 3. The first-order chi connectivity index (χ1) is 10.4. The summed E-state index contributed by atoms with van der Waals surface area (Å²) >= 11 is 0. The van der Waals surface area contributed by atoms with Crippen LogP contribution in [-0.2, 0) is 9.59 Å². The molecule has 0 saturated heterocycles. The second-order valence-electron chi connectivity index (χ2n) is 5.69. The molecule has 0 aliphatic carbocycles. The lowest BCUT2D eigenvalue weighted by Gasteiger charge is -2.01. The van der Waals surface area contributed by atoms with Crippen molar-refractivity contribution in [3.63, 3.8) is 0 Å². The molecule has 1 unspecified atom stereocenters. The van der Waals surface area contributed by atoms with E-state index in [1.165, 1.54) is 6.42 Å². The topological polar surface area (TPSA) is 101 Å². The zero-order chi connectivity index (χ0) is 17.6. The fourth-order valence-electron chi connectivity index (χ4n) is 1.30. The lowest BCUT2D eigenvalue weighted by Crippen LogP contribution is -2.14. The second kappa shape index (κ2) is 25.0. The van der Waals surface area contributed by atoms with E-state index in [4.69, 9.17) is 11.5 Å². The van der Waals surface area contributed by atoms with Gasteiger partial charge in [0.15, 0.2) is 0 Å². The number of nitrogens with zero attached hydrogens (tertiary/aromatic N) is 1. The monoisotopic (exact) mass is 318 g/mol. The molecule has 0 aromatic rings. The number of rotatable bonds is 11. The molecule has 0 rings (SSSR count). The number of unbranched alkanes of at least 4 members (excludes halogenated alkanes) is 4. The third-order valence-electron chi connectivity index (χ3n) is 2.34. The summed E-state index contributed by atoms with van der Waals surface area (Å²) in [7, 11) is 6.00. The summed E-state index contributed by atoms with van der Waals surface area (Å²) < 4.78 is 0. The van der Waals surface area contributed by atoms with Gasteiger partial charge in [-0.15, -0.1) is 0 Å². The van der Waals surface area contributed by atoms with Gasteiger partial charge < -0.3 is 26.5 Å². The molecule has 134 valence electrons. The van der Waals surface area contributed by atoms with E-state index in [0.717, 1.165) is 51.5 Å². The first-order valence-electron chi connectivity index (χ1n) is 8.09. The smallest absolute Gasteiger partial charge is 0.207 e. The van der Waals surface area contributed by atoms with E-state index in [-0.39, 0.29) is 0 Å². The number of hydrogen-bond acceptors (Lipinski definition) is 5. The zero-order valence-electron chi connectivity index (χ0n) is 15.0. The molecule has 0 aromatic carbocycles. The van der Waals surface area contributed by atoms with Crippen LogP contribution in [0.4, 0.5) is 0 Å². The molecular weight excluding hydrogens is 280 g/mol. The Kier molecular flexibility index (Phi) is 29.5. The van der Waals surface area contributed by atoms with Crippen molar-refractivity contribution in [2.75, 3.05) is 34.2 Å². The molecule has 0 spiro atoms. The number of amides is 1. The van der Waals surface area contributed by atoms with E-state index in [1.807, 2.05) is 33.0 Å². The van der Waals surface area contributed by atoms with Gasteiger partial charge in [0.05, 0.1) is 0 Å². The Morgan fingerprint density at radius 2 is 1.64 bits per heavy atom. The zero-order valence-corrected chi connectivity index (χ0v) is 15.0. The molecule has 0 radical (unpaired) electrons. The van der Waals surface area contributed by atoms with Gasteiger partial charge in [0.2, 0.25) is 6.41 Å². The molecule has 0 heterocycles. The molecule has 0 fully saturated rings. The highest BCUT2D eigenvalue weighted by molar-refractivity contribution is 5.48. The largest absolute Gasteiger partial charge is 0.359 e. The highest BCUT2D eigenvalue weighted by Crippen LogP contribution is 1.95. The minimum atomic E-state index is 0.349. The highest BCUT2D eigenvalue weighted by Gasteiger charge is 1.90. The van der Waals surface area contributed by atoms with Crippen molar-refractivity contribution in [2.45, 2.75) is 57.9 Å². The van der Waals surface area contributed by atoms with Gasteiger partial charge in [-0.25, -0.2) is 0 Å². The van der Waals surface area contributed by atoms with Gasteiger partial charge in [0.1, 0.15) is 6.29 Å². The molecule has 6 heteroatoms. The summed E-state index contributed by atoms with van der Waals surface area (Å²) in [6, 6.07) is 0.349. The number of aldehydes is 1. The van der Waals surface area contributed by atoms with Crippen LogP contribution in [0.15, 0.2) is 0 Å². The fourth-order valence-corrected chi connectivity index (χ4v) is 1.30. The van der Waals surface area contributed by atoms with Crippen LogP contribution >= 0.6 is 0 Å². The van der Waals surface area contributed by atoms with Crippen LogP contribution in [0.3, 0.4) is 0 Å². The van der Waals surface area contributed by atoms with Crippen molar-refractivity contribution in [2.24, 2.45) is 11.5 Å². The van der Waals surface area contributed by atoms with Crippen molar-refractivity contribution in [3.05, 3.63) is 0 Å². The Morgan fingerprint density at radius 1 is 1.05 bits per heavy atom. The molecule has 1 amide bonds. The summed E-state index contributed by atoms with van der Waals surface area (Å²) in [6.07, 6.45) is 8.57. The molecule has 0 bridgehead atoms. The normalized spacial score (nSPS) is 10.7. The van der Waals surface area contributed by atoms with Gasteiger partial charge >= 0.3 is 0 Å². The van der Waals surface area contributed by atoms with E-state index in [1.54, 1.807) is 0 Å². The third-order valence-corrected chi connectivity index (χ3v) is 2.34. The van der Waals surface area contributed by atoms with Crippen molar-refractivity contribution >= 4 is 12.7 Å². The summed E-state index contributed by atoms with van der Waals surface area (Å²) in [5.41, 5.74) is 10.8. The highest BCUT2D eigenvalue weighted by atomic mass is 16.1. The quantitative estimate of drug-likeness (QED) is 0.391. The maximum Gasteiger partial charge on any atom is 0.207 e. The molecule has 0 aliphatic rings. The van der Waals surface area contributed by atoms with Gasteiger partial charge in [-0.05, 0) is 60.3 Å². The summed E-state index contributed by atoms with van der Waals surface area (Å²) in [5.74, 6) is 0. The van der Waals surface area contributed by atoms with Crippen molar-refractivity contribution in [3.8, 4) is 0 Å². The molecule has 1 atom stereocenters. The van der Waals surface area contributed by atoms with E-state index in [2.05, 4.69) is 5.32 Å². The molecular formula is C16H38N4O2. The number of nitrogens with one attached hydrogen (secondary N) is 1. The molecule has 0 saturated carbocycles. The fraction of sp³-hybridized carbons (Fsp3) is 0.875. The minimum absolute atomic E-state index is 0.349.